The summed E-state index contributed by atoms with van der Waals surface area (Å²) in [6, 6.07) is 11.3. The number of rotatable bonds is 4. The van der Waals surface area contributed by atoms with E-state index in [1.807, 2.05) is 31.2 Å². The van der Waals surface area contributed by atoms with Crippen molar-refractivity contribution in [2.24, 2.45) is 0 Å². The summed E-state index contributed by atoms with van der Waals surface area (Å²) in [5.74, 6) is 0.281. The van der Waals surface area contributed by atoms with Crippen LogP contribution in [0.25, 0.3) is 0 Å². The highest BCUT2D eigenvalue weighted by molar-refractivity contribution is 7.99. The van der Waals surface area contributed by atoms with E-state index < -0.39 is 0 Å². The van der Waals surface area contributed by atoms with Crippen molar-refractivity contribution in [3.05, 3.63) is 48.2 Å². The smallest absolute Gasteiger partial charge is 0.234 e. The molecule has 2 aromatic rings. The Morgan fingerprint density at radius 2 is 2.11 bits per heavy atom. The number of amides is 1. The number of hydrogen-bond donors (Lipinski definition) is 2. The molecule has 1 aromatic heterocycles. The number of hydrogen-bond acceptors (Lipinski definition) is 4. The molecule has 0 saturated heterocycles. The number of nitrogens with one attached hydrogen (secondary N) is 1. The average Bonchev–Trinajstić information content (AvgIpc) is 2.41. The van der Waals surface area contributed by atoms with Crippen LogP contribution in [0.4, 0.5) is 11.4 Å². The van der Waals surface area contributed by atoms with Crippen molar-refractivity contribution in [2.75, 3.05) is 16.8 Å². The molecule has 0 aliphatic rings. The molecule has 0 bridgehead atoms. The SMILES string of the molecule is Cc1ccccc1NC(=O)CSc1ccc(N)cn1. The number of nitrogens with zero attached hydrogens (tertiary/aromatic N) is 1. The summed E-state index contributed by atoms with van der Waals surface area (Å²) in [5.41, 5.74) is 8.06. The Morgan fingerprint density at radius 3 is 2.79 bits per heavy atom. The minimum absolute atomic E-state index is 0.0436. The van der Waals surface area contributed by atoms with Gasteiger partial charge in [-0.1, -0.05) is 30.0 Å². The first kappa shape index (κ1) is 13.4. The number of nitrogen functional groups attached to an aromatic ring is 1. The fourth-order valence-corrected chi connectivity index (χ4v) is 2.16. The lowest BCUT2D eigenvalue weighted by Crippen LogP contribution is -2.14. The lowest BCUT2D eigenvalue weighted by atomic mass is 10.2. The number of nitrogens with two attached hydrogens (primary N) is 1. The molecule has 0 fully saturated rings. The van der Waals surface area contributed by atoms with E-state index in [1.54, 1.807) is 18.3 Å². The van der Waals surface area contributed by atoms with Crippen molar-refractivity contribution in [1.82, 2.24) is 4.98 Å². The van der Waals surface area contributed by atoms with Crippen LogP contribution < -0.4 is 11.1 Å². The quantitative estimate of drug-likeness (QED) is 0.840. The summed E-state index contributed by atoms with van der Waals surface area (Å²) in [6.07, 6.45) is 1.58. The van der Waals surface area contributed by atoms with Gasteiger partial charge < -0.3 is 11.1 Å². The topological polar surface area (TPSA) is 68.0 Å². The molecular weight excluding hydrogens is 258 g/mol. The predicted molar refractivity (Wildman–Crippen MR) is 79.2 cm³/mol. The molecule has 1 heterocycles. The molecule has 0 radical (unpaired) electrons. The fraction of sp³-hybridized carbons (Fsp3) is 0.143. The van der Waals surface area contributed by atoms with Gasteiger partial charge in [-0.2, -0.15) is 0 Å². The number of aryl methyl sites for hydroxylation is 1. The van der Waals surface area contributed by atoms with Gasteiger partial charge in [0.25, 0.3) is 0 Å². The molecule has 5 heteroatoms. The molecule has 1 aromatic carbocycles. The van der Waals surface area contributed by atoms with Gasteiger partial charge >= 0.3 is 0 Å². The maximum absolute atomic E-state index is 11.8. The summed E-state index contributed by atoms with van der Waals surface area (Å²) < 4.78 is 0. The lowest BCUT2D eigenvalue weighted by Gasteiger charge is -2.07. The lowest BCUT2D eigenvalue weighted by molar-refractivity contribution is -0.113. The number of thioether (sulfide) groups is 1. The normalized spacial score (nSPS) is 10.2. The maximum atomic E-state index is 11.8. The molecular formula is C14H15N3OS. The third-order valence-electron chi connectivity index (χ3n) is 2.53. The van der Waals surface area contributed by atoms with Crippen LogP contribution in [0.2, 0.25) is 0 Å². The first-order valence-corrected chi connectivity index (χ1v) is 6.83. The number of carbonyl (C=O) groups is 1. The molecule has 0 saturated carbocycles. The zero-order chi connectivity index (χ0) is 13.7. The summed E-state index contributed by atoms with van der Waals surface area (Å²) in [7, 11) is 0. The predicted octanol–water partition coefficient (Wildman–Crippen LogP) is 2.70. The molecule has 0 atom stereocenters. The van der Waals surface area contributed by atoms with Crippen molar-refractivity contribution in [3.8, 4) is 0 Å². The molecule has 2 rings (SSSR count). The molecule has 0 aliphatic heterocycles. The van der Waals surface area contributed by atoms with Gasteiger partial charge in [0.15, 0.2) is 0 Å². The summed E-state index contributed by atoms with van der Waals surface area (Å²) in [5, 5.41) is 3.67. The van der Waals surface area contributed by atoms with Gasteiger partial charge in [-0.05, 0) is 30.7 Å². The van der Waals surface area contributed by atoms with Gasteiger partial charge in [-0.15, -0.1) is 0 Å². The van der Waals surface area contributed by atoms with E-state index in [9.17, 15) is 4.79 Å². The molecule has 19 heavy (non-hydrogen) atoms. The van der Waals surface area contributed by atoms with E-state index in [0.717, 1.165) is 16.3 Å². The zero-order valence-corrected chi connectivity index (χ0v) is 11.4. The van der Waals surface area contributed by atoms with Crippen LogP contribution in [0.1, 0.15) is 5.56 Å². The molecule has 3 N–H and O–H groups in total. The van der Waals surface area contributed by atoms with E-state index in [2.05, 4.69) is 10.3 Å². The Balaban J connectivity index is 1.88. The van der Waals surface area contributed by atoms with Gasteiger partial charge in [0.1, 0.15) is 0 Å². The highest BCUT2D eigenvalue weighted by atomic mass is 32.2. The summed E-state index contributed by atoms with van der Waals surface area (Å²) in [6.45, 7) is 1.96. The van der Waals surface area contributed by atoms with E-state index >= 15 is 0 Å². The van der Waals surface area contributed by atoms with Gasteiger partial charge in [0.05, 0.1) is 22.7 Å². The number of benzene rings is 1. The summed E-state index contributed by atoms with van der Waals surface area (Å²) in [4.78, 5) is 16.0. The molecule has 4 nitrogen and oxygen atoms in total. The standard InChI is InChI=1S/C14H15N3OS/c1-10-4-2-3-5-12(10)17-13(18)9-19-14-7-6-11(15)8-16-14/h2-8H,9,15H2,1H3,(H,17,18). The highest BCUT2D eigenvalue weighted by Crippen LogP contribution is 2.17. The minimum atomic E-state index is -0.0436. The van der Waals surface area contributed by atoms with Crippen LogP contribution in [0, 0.1) is 6.92 Å². The average molecular weight is 273 g/mol. The van der Waals surface area contributed by atoms with Crippen LogP contribution in [-0.2, 0) is 4.79 Å². The molecule has 1 amide bonds. The molecule has 98 valence electrons. The van der Waals surface area contributed by atoms with Crippen LogP contribution in [0.3, 0.4) is 0 Å². The van der Waals surface area contributed by atoms with E-state index in [0.29, 0.717) is 11.4 Å². The minimum Gasteiger partial charge on any atom is -0.397 e. The Morgan fingerprint density at radius 1 is 1.32 bits per heavy atom. The van der Waals surface area contributed by atoms with Gasteiger partial charge in [-0.25, -0.2) is 4.98 Å². The van der Waals surface area contributed by atoms with Crippen LogP contribution >= 0.6 is 11.8 Å². The Hall–Kier alpha value is -2.01. The second kappa shape index (κ2) is 6.24. The Kier molecular flexibility index (Phi) is 4.41. The number of para-hydroxylation sites is 1. The van der Waals surface area contributed by atoms with Crippen molar-refractivity contribution < 1.29 is 4.79 Å². The van der Waals surface area contributed by atoms with Crippen molar-refractivity contribution in [1.29, 1.82) is 0 Å². The molecule has 0 spiro atoms. The first-order chi connectivity index (χ1) is 9.15. The van der Waals surface area contributed by atoms with Gasteiger partial charge in [-0.3, -0.25) is 4.79 Å². The Bertz CT molecular complexity index is 569. The van der Waals surface area contributed by atoms with Crippen molar-refractivity contribution in [2.45, 2.75) is 11.9 Å². The van der Waals surface area contributed by atoms with E-state index in [4.69, 9.17) is 5.73 Å². The summed E-state index contributed by atoms with van der Waals surface area (Å²) >= 11 is 1.38. The molecule has 0 unspecified atom stereocenters. The monoisotopic (exact) mass is 273 g/mol. The second-order valence-corrected chi connectivity index (χ2v) is 5.08. The van der Waals surface area contributed by atoms with E-state index in [1.165, 1.54) is 11.8 Å². The highest BCUT2D eigenvalue weighted by Gasteiger charge is 2.05. The number of anilines is 2. The number of pyridine rings is 1. The third kappa shape index (κ3) is 3.99. The Labute approximate surface area is 116 Å². The van der Waals surface area contributed by atoms with Gasteiger partial charge in [0.2, 0.25) is 5.91 Å². The van der Waals surface area contributed by atoms with E-state index in [-0.39, 0.29) is 5.91 Å². The molecule has 0 aliphatic carbocycles. The number of carbonyl (C=O) groups excluding carboxylic acids is 1. The maximum Gasteiger partial charge on any atom is 0.234 e. The zero-order valence-electron chi connectivity index (χ0n) is 10.6. The fourth-order valence-electron chi connectivity index (χ4n) is 1.52. The third-order valence-corrected chi connectivity index (χ3v) is 3.47. The van der Waals surface area contributed by atoms with Gasteiger partial charge in [0, 0.05) is 5.69 Å². The second-order valence-electron chi connectivity index (χ2n) is 4.08. The van der Waals surface area contributed by atoms with Crippen molar-refractivity contribution >= 4 is 29.0 Å². The number of aromatic nitrogens is 1. The first-order valence-electron chi connectivity index (χ1n) is 5.85. The van der Waals surface area contributed by atoms with Crippen LogP contribution in [-0.4, -0.2) is 16.6 Å². The van der Waals surface area contributed by atoms with Crippen LogP contribution in [0.15, 0.2) is 47.6 Å². The largest absolute Gasteiger partial charge is 0.397 e. The van der Waals surface area contributed by atoms with Crippen LogP contribution in [0.5, 0.6) is 0 Å². The van der Waals surface area contributed by atoms with Crippen molar-refractivity contribution in [3.63, 3.8) is 0 Å².